The lowest BCUT2D eigenvalue weighted by atomic mass is 10.2. The van der Waals surface area contributed by atoms with Gasteiger partial charge < -0.3 is 42.1 Å². The number of nitrogens with one attached hydrogen (secondary N) is 3. The summed E-state index contributed by atoms with van der Waals surface area (Å²) in [5.74, 6) is -4.48. The van der Waals surface area contributed by atoms with Gasteiger partial charge in [-0.2, -0.15) is 12.6 Å². The number of nitrogens with two attached hydrogens (primary N) is 1. The Morgan fingerprint density at radius 2 is 1.24 bits per heavy atom. The largest absolute Gasteiger partial charge is 0.480 e. The first-order valence-corrected chi connectivity index (χ1v) is 7.67. The number of amides is 3. The zero-order valence-corrected chi connectivity index (χ0v) is 14.0. The Bertz CT molecular complexity index is 492. The van der Waals surface area contributed by atoms with Crippen LogP contribution in [-0.4, -0.2) is 93.9 Å². The average molecular weight is 382 g/mol. The van der Waals surface area contributed by atoms with Crippen LogP contribution in [0.3, 0.4) is 0 Å². The fourth-order valence-corrected chi connectivity index (χ4v) is 1.74. The molecule has 9 N–H and O–H groups in total. The zero-order valence-electron chi connectivity index (χ0n) is 13.1. The molecule has 25 heavy (non-hydrogen) atoms. The van der Waals surface area contributed by atoms with E-state index in [0.717, 1.165) is 0 Å². The van der Waals surface area contributed by atoms with Crippen molar-refractivity contribution in [3.63, 3.8) is 0 Å². The molecule has 0 aromatic rings. The minimum Gasteiger partial charge on any atom is -0.480 e. The minimum absolute atomic E-state index is 0.225. The molecule has 144 valence electrons. The molecule has 0 bridgehead atoms. The first-order chi connectivity index (χ1) is 11.7. The maximum Gasteiger partial charge on any atom is 0.328 e. The molecule has 0 aromatic carbocycles. The van der Waals surface area contributed by atoms with Crippen molar-refractivity contribution in [3.8, 4) is 0 Å². The lowest BCUT2D eigenvalue weighted by Crippen LogP contribution is -2.59. The Morgan fingerprint density at radius 1 is 0.800 bits per heavy atom. The van der Waals surface area contributed by atoms with Crippen LogP contribution >= 0.6 is 12.6 Å². The second-order valence-electron chi connectivity index (χ2n) is 4.86. The summed E-state index contributed by atoms with van der Waals surface area (Å²) < 4.78 is 0. The van der Waals surface area contributed by atoms with Gasteiger partial charge in [0.05, 0.1) is 19.8 Å². The second kappa shape index (κ2) is 11.6. The predicted molar refractivity (Wildman–Crippen MR) is 86.5 cm³/mol. The Hall–Kier alpha value is -1.93. The van der Waals surface area contributed by atoms with Crippen LogP contribution in [0.15, 0.2) is 0 Å². The normalized spacial score (nSPS) is 15.4. The van der Waals surface area contributed by atoms with Crippen molar-refractivity contribution in [3.05, 3.63) is 0 Å². The number of carboxylic acids is 1. The van der Waals surface area contributed by atoms with Crippen LogP contribution in [0.5, 0.6) is 0 Å². The van der Waals surface area contributed by atoms with Gasteiger partial charge in [-0.3, -0.25) is 14.4 Å². The molecule has 4 unspecified atom stereocenters. The molecule has 0 spiro atoms. The summed E-state index contributed by atoms with van der Waals surface area (Å²) in [6.07, 6.45) is 0. The molecule has 0 saturated carbocycles. The van der Waals surface area contributed by atoms with Crippen molar-refractivity contribution < 1.29 is 39.6 Å². The number of aliphatic hydroxyl groups is 3. The number of aliphatic carboxylic acids is 1. The zero-order chi connectivity index (χ0) is 19.6. The predicted octanol–water partition coefficient (Wildman–Crippen LogP) is -5.24. The van der Waals surface area contributed by atoms with Gasteiger partial charge in [-0.1, -0.05) is 0 Å². The summed E-state index contributed by atoms with van der Waals surface area (Å²) in [7, 11) is 0. The number of carbonyl (C=O) groups is 4. The van der Waals surface area contributed by atoms with Gasteiger partial charge in [-0.05, 0) is 0 Å². The van der Waals surface area contributed by atoms with E-state index in [9.17, 15) is 24.3 Å². The van der Waals surface area contributed by atoms with Gasteiger partial charge in [0.15, 0.2) is 0 Å². The smallest absolute Gasteiger partial charge is 0.328 e. The first kappa shape index (κ1) is 23.1. The number of aliphatic hydroxyl groups excluding tert-OH is 3. The quantitative estimate of drug-likeness (QED) is 0.156. The molecule has 12 nitrogen and oxygen atoms in total. The highest BCUT2D eigenvalue weighted by molar-refractivity contribution is 7.80. The van der Waals surface area contributed by atoms with Crippen LogP contribution in [0, 0.1) is 0 Å². The summed E-state index contributed by atoms with van der Waals surface area (Å²) in [4.78, 5) is 46.2. The summed E-state index contributed by atoms with van der Waals surface area (Å²) >= 11 is 3.86. The van der Waals surface area contributed by atoms with Crippen LogP contribution in [0.4, 0.5) is 0 Å². The van der Waals surface area contributed by atoms with Crippen molar-refractivity contribution in [1.29, 1.82) is 0 Å². The fraction of sp³-hybridized carbons (Fsp3) is 0.667. The SMILES string of the molecule is NC(CO)C(=O)NC(CO)C(=O)NC(CS)C(=O)NC(CO)C(=O)O. The number of rotatable bonds is 11. The minimum atomic E-state index is -1.57. The van der Waals surface area contributed by atoms with Gasteiger partial charge in [-0.15, -0.1) is 0 Å². The molecule has 0 heterocycles. The highest BCUT2D eigenvalue weighted by atomic mass is 32.1. The standard InChI is InChI=1S/C12H22N4O8S/c13-5(1-17)9(20)14-6(2-18)10(21)16-8(4-25)11(22)15-7(3-19)12(23)24/h5-8,17-19,25H,1-4,13H2,(H,14,20)(H,15,22)(H,16,21)(H,23,24). The lowest BCUT2D eigenvalue weighted by molar-refractivity contribution is -0.143. The molecule has 0 aliphatic heterocycles. The van der Waals surface area contributed by atoms with Crippen molar-refractivity contribution in [2.45, 2.75) is 24.2 Å². The molecule has 0 fully saturated rings. The third kappa shape index (κ3) is 7.66. The van der Waals surface area contributed by atoms with E-state index in [1.165, 1.54) is 0 Å². The third-order valence-corrected chi connectivity index (χ3v) is 3.33. The molecule has 4 atom stereocenters. The van der Waals surface area contributed by atoms with E-state index in [1.807, 2.05) is 5.32 Å². The molecule has 0 saturated heterocycles. The summed E-state index contributed by atoms with van der Waals surface area (Å²) in [5, 5.41) is 41.8. The number of thiol groups is 1. The Morgan fingerprint density at radius 3 is 1.64 bits per heavy atom. The number of hydrogen-bond donors (Lipinski definition) is 9. The number of carboxylic acid groups (broad SMARTS) is 1. The number of hydrogen-bond acceptors (Lipinski definition) is 9. The topological polar surface area (TPSA) is 211 Å². The lowest BCUT2D eigenvalue weighted by Gasteiger charge is -2.22. The maximum absolute atomic E-state index is 12.0. The van der Waals surface area contributed by atoms with Gasteiger partial charge in [0.2, 0.25) is 17.7 Å². The van der Waals surface area contributed by atoms with Crippen LogP contribution in [0.25, 0.3) is 0 Å². The van der Waals surface area contributed by atoms with Gasteiger partial charge in [0, 0.05) is 5.75 Å². The maximum atomic E-state index is 12.0. The van der Waals surface area contributed by atoms with Crippen molar-refractivity contribution >= 4 is 36.3 Å². The van der Waals surface area contributed by atoms with Gasteiger partial charge in [0.25, 0.3) is 0 Å². The highest BCUT2D eigenvalue weighted by Crippen LogP contribution is 1.95. The van der Waals surface area contributed by atoms with Crippen LogP contribution in [-0.2, 0) is 19.2 Å². The molecule has 0 aliphatic rings. The monoisotopic (exact) mass is 382 g/mol. The first-order valence-electron chi connectivity index (χ1n) is 7.04. The van der Waals surface area contributed by atoms with E-state index in [2.05, 4.69) is 23.3 Å². The van der Waals surface area contributed by atoms with Gasteiger partial charge in [0.1, 0.15) is 24.2 Å². The van der Waals surface area contributed by atoms with Crippen molar-refractivity contribution in [1.82, 2.24) is 16.0 Å². The summed E-state index contributed by atoms with van der Waals surface area (Å²) in [6.45, 7) is -2.35. The molecular formula is C12H22N4O8S. The van der Waals surface area contributed by atoms with Crippen LogP contribution in [0.2, 0.25) is 0 Å². The summed E-state index contributed by atoms with van der Waals surface area (Å²) in [5.41, 5.74) is 5.26. The number of carbonyl (C=O) groups excluding carboxylic acids is 3. The van der Waals surface area contributed by atoms with E-state index < -0.39 is 67.7 Å². The molecule has 3 amide bonds. The molecule has 0 rings (SSSR count). The highest BCUT2D eigenvalue weighted by Gasteiger charge is 2.29. The van der Waals surface area contributed by atoms with E-state index in [-0.39, 0.29) is 5.75 Å². The molecule has 0 aromatic heterocycles. The van der Waals surface area contributed by atoms with Gasteiger partial charge in [-0.25, -0.2) is 4.79 Å². The Labute approximate surface area is 148 Å². The Kier molecular flexibility index (Phi) is 10.7. The van der Waals surface area contributed by atoms with E-state index >= 15 is 0 Å². The fourth-order valence-electron chi connectivity index (χ4n) is 1.48. The van der Waals surface area contributed by atoms with Crippen molar-refractivity contribution in [2.75, 3.05) is 25.6 Å². The van der Waals surface area contributed by atoms with Crippen molar-refractivity contribution in [2.24, 2.45) is 5.73 Å². The summed E-state index contributed by atoms with van der Waals surface area (Å²) in [6, 6.07) is -5.61. The molecule has 0 radical (unpaired) electrons. The molecule has 13 heteroatoms. The Balaban J connectivity index is 4.86. The van der Waals surface area contributed by atoms with E-state index in [0.29, 0.717) is 0 Å². The molecular weight excluding hydrogens is 360 g/mol. The van der Waals surface area contributed by atoms with Gasteiger partial charge >= 0.3 is 5.97 Å². The van der Waals surface area contributed by atoms with E-state index in [4.69, 9.17) is 21.1 Å². The third-order valence-electron chi connectivity index (χ3n) is 2.96. The van der Waals surface area contributed by atoms with Crippen LogP contribution in [0.1, 0.15) is 0 Å². The second-order valence-corrected chi connectivity index (χ2v) is 5.22. The molecule has 0 aliphatic carbocycles. The van der Waals surface area contributed by atoms with Crippen LogP contribution < -0.4 is 21.7 Å². The van der Waals surface area contributed by atoms with E-state index in [1.54, 1.807) is 0 Å². The average Bonchev–Trinajstić information content (AvgIpc) is 2.59.